The normalized spacial score (nSPS) is 13.1. The summed E-state index contributed by atoms with van der Waals surface area (Å²) in [6.45, 7) is -0.280. The Morgan fingerprint density at radius 3 is 2.32 bits per heavy atom. The fourth-order valence-corrected chi connectivity index (χ4v) is 5.29. The van der Waals surface area contributed by atoms with Crippen molar-refractivity contribution in [1.29, 1.82) is 0 Å². The first-order chi connectivity index (χ1) is 19.4. The van der Waals surface area contributed by atoms with E-state index in [0.717, 1.165) is 60.5 Å². The number of benzene rings is 5. The van der Waals surface area contributed by atoms with Gasteiger partial charge in [-0.1, -0.05) is 78.9 Å². The number of para-hydroxylation sites is 2. The maximum Gasteiger partial charge on any atom is 0.144 e. The molecule has 0 amide bonds. The topological polar surface area (TPSA) is 26.0 Å². The van der Waals surface area contributed by atoms with E-state index in [1.54, 1.807) is 0 Å². The van der Waals surface area contributed by atoms with Crippen LogP contribution < -0.4 is 0 Å². The van der Waals surface area contributed by atoms with Crippen molar-refractivity contribution in [3.63, 3.8) is 0 Å². The van der Waals surface area contributed by atoms with Crippen molar-refractivity contribution in [3.05, 3.63) is 127 Å². The van der Waals surface area contributed by atoms with Crippen LogP contribution in [0.1, 0.15) is 15.2 Å². The van der Waals surface area contributed by atoms with Crippen LogP contribution in [0.3, 0.4) is 0 Å². The van der Waals surface area contributed by atoms with Gasteiger partial charge in [0.25, 0.3) is 0 Å². The summed E-state index contributed by atoms with van der Waals surface area (Å²) in [5, 5.41) is 4.21. The highest BCUT2D eigenvalue weighted by molar-refractivity contribution is 6.09. The number of fused-ring (bicyclic) bond motifs is 4. The molecule has 176 valence electrons. The van der Waals surface area contributed by atoms with E-state index < -0.39 is 6.85 Å². The number of hydrogen-bond donors (Lipinski definition) is 0. The monoisotopic (exact) mass is 478 g/mol. The highest BCUT2D eigenvalue weighted by Gasteiger charge is 2.15. The second-order valence-electron chi connectivity index (χ2n) is 9.49. The number of aromatic nitrogens is 1. The molecule has 0 fully saturated rings. The average molecular weight is 479 g/mol. The van der Waals surface area contributed by atoms with Gasteiger partial charge in [0.2, 0.25) is 0 Å². The van der Waals surface area contributed by atoms with E-state index >= 15 is 0 Å². The molecule has 0 saturated heterocycles. The molecule has 2 heterocycles. The smallest absolute Gasteiger partial charge is 0.144 e. The zero-order valence-corrected chi connectivity index (χ0v) is 20.3. The minimum Gasteiger partial charge on any atom is -0.455 e. The average Bonchev–Trinajstić information content (AvgIpc) is 3.35. The van der Waals surface area contributed by atoms with E-state index in [1.807, 2.05) is 73.7 Å². The predicted molar refractivity (Wildman–Crippen MR) is 155 cm³/mol. The van der Waals surface area contributed by atoms with Crippen LogP contribution in [0.2, 0.25) is 0 Å². The Bertz CT molecular complexity index is 2060. The van der Waals surface area contributed by atoms with E-state index in [4.69, 9.17) is 8.53 Å². The van der Waals surface area contributed by atoms with Crippen LogP contribution in [0.25, 0.3) is 66.2 Å². The van der Waals surface area contributed by atoms with Crippen LogP contribution in [0, 0.1) is 13.8 Å². The van der Waals surface area contributed by atoms with Crippen LogP contribution in [0.4, 0.5) is 0 Å². The van der Waals surface area contributed by atoms with Crippen LogP contribution in [-0.4, -0.2) is 4.98 Å². The summed E-state index contributed by atoms with van der Waals surface area (Å²) in [5.74, 6) is 0. The fourth-order valence-electron chi connectivity index (χ4n) is 5.29. The molecule has 5 aromatic carbocycles. The van der Waals surface area contributed by atoms with Crippen LogP contribution in [0.15, 0.2) is 120 Å². The van der Waals surface area contributed by atoms with E-state index in [0.29, 0.717) is 11.3 Å². The van der Waals surface area contributed by atoms with Gasteiger partial charge >= 0.3 is 0 Å². The van der Waals surface area contributed by atoms with E-state index in [1.165, 1.54) is 6.20 Å². The molecule has 7 aromatic rings. The Kier molecular flexibility index (Phi) is 4.24. The second-order valence-corrected chi connectivity index (χ2v) is 9.49. The Hall–Kier alpha value is -4.69. The van der Waals surface area contributed by atoms with E-state index in [-0.39, 0.29) is 5.56 Å². The van der Waals surface area contributed by atoms with E-state index in [9.17, 15) is 0 Å². The molecule has 0 saturated carbocycles. The number of aryl methyl sites for hydroxylation is 2. The summed E-state index contributed by atoms with van der Waals surface area (Å²) in [4.78, 5) is 4.64. The standard InChI is InChI=1S/C35H25NO/c1-22-17-27-18-25(24-9-4-3-5-10-24)15-16-26(27)19-31(22)32-20-33(36-21-23(32)2)30-13-8-12-29-28-11-6-7-14-34(28)37-35(29)30/h3-21H,1-2H3/i2D3. The highest BCUT2D eigenvalue weighted by atomic mass is 16.3. The summed E-state index contributed by atoms with van der Waals surface area (Å²) in [5.41, 5.74) is 8.14. The van der Waals surface area contributed by atoms with Gasteiger partial charge in [-0.3, -0.25) is 4.98 Å². The van der Waals surface area contributed by atoms with Gasteiger partial charge in [-0.05, 0) is 88.3 Å². The molecule has 0 aliphatic rings. The van der Waals surface area contributed by atoms with Crippen molar-refractivity contribution in [2.24, 2.45) is 0 Å². The first-order valence-corrected chi connectivity index (χ1v) is 12.4. The summed E-state index contributed by atoms with van der Waals surface area (Å²) in [6.07, 6.45) is 1.50. The highest BCUT2D eigenvalue weighted by Crippen LogP contribution is 2.38. The van der Waals surface area contributed by atoms with Crippen molar-refractivity contribution < 1.29 is 8.53 Å². The first kappa shape index (κ1) is 18.6. The maximum atomic E-state index is 8.27. The lowest BCUT2D eigenvalue weighted by atomic mass is 9.92. The summed E-state index contributed by atoms with van der Waals surface area (Å²) in [7, 11) is 0. The molecule has 37 heavy (non-hydrogen) atoms. The van der Waals surface area contributed by atoms with Gasteiger partial charge in [0.1, 0.15) is 11.2 Å². The minimum absolute atomic E-state index is 0.233. The molecule has 2 heteroatoms. The fraction of sp³-hybridized carbons (Fsp3) is 0.0571. The molecule has 7 rings (SSSR count). The maximum absolute atomic E-state index is 8.27. The zero-order chi connectivity index (χ0) is 27.4. The molecular formula is C35H25NO. The lowest BCUT2D eigenvalue weighted by molar-refractivity contribution is 0.670. The number of pyridine rings is 1. The zero-order valence-electron chi connectivity index (χ0n) is 23.3. The van der Waals surface area contributed by atoms with Crippen molar-refractivity contribution in [2.75, 3.05) is 0 Å². The molecule has 0 radical (unpaired) electrons. The van der Waals surface area contributed by atoms with Crippen molar-refractivity contribution in [2.45, 2.75) is 13.8 Å². The van der Waals surface area contributed by atoms with Gasteiger partial charge in [-0.15, -0.1) is 0 Å². The third-order valence-electron chi connectivity index (χ3n) is 7.16. The Balaban J connectivity index is 1.42. The lowest BCUT2D eigenvalue weighted by Crippen LogP contribution is -1.93. The molecule has 0 bridgehead atoms. The number of nitrogens with zero attached hydrogens (tertiary/aromatic N) is 1. The molecule has 0 N–H and O–H groups in total. The minimum atomic E-state index is -2.31. The van der Waals surface area contributed by atoms with Crippen LogP contribution in [-0.2, 0) is 0 Å². The van der Waals surface area contributed by atoms with Crippen molar-refractivity contribution in [1.82, 2.24) is 4.98 Å². The van der Waals surface area contributed by atoms with Gasteiger partial charge in [0.15, 0.2) is 0 Å². The first-order valence-electron chi connectivity index (χ1n) is 13.9. The SMILES string of the molecule is [2H]C([2H])([2H])c1cnc(-c2cccc3c2oc2ccccc23)cc1-c1cc2ccc(-c3ccccc3)cc2cc1C. The summed E-state index contributed by atoms with van der Waals surface area (Å²) in [6, 6.07) is 36.8. The Morgan fingerprint density at radius 1 is 0.622 bits per heavy atom. The largest absolute Gasteiger partial charge is 0.455 e. The molecule has 2 aromatic heterocycles. The predicted octanol–water partition coefficient (Wildman–Crippen LogP) is 9.75. The van der Waals surface area contributed by atoms with Crippen molar-refractivity contribution >= 4 is 32.7 Å². The molecule has 0 unspecified atom stereocenters. The number of furan rings is 1. The van der Waals surface area contributed by atoms with E-state index in [2.05, 4.69) is 47.4 Å². The molecule has 0 aliphatic heterocycles. The summed E-state index contributed by atoms with van der Waals surface area (Å²) < 4.78 is 31.1. The van der Waals surface area contributed by atoms with Gasteiger partial charge in [-0.25, -0.2) is 0 Å². The third-order valence-corrected chi connectivity index (χ3v) is 7.16. The number of hydrogen-bond acceptors (Lipinski definition) is 2. The Labute approximate surface area is 220 Å². The molecule has 0 atom stereocenters. The Morgan fingerprint density at radius 2 is 1.43 bits per heavy atom. The lowest BCUT2D eigenvalue weighted by Gasteiger charge is -2.14. The molecular weight excluding hydrogens is 450 g/mol. The van der Waals surface area contributed by atoms with Gasteiger partial charge < -0.3 is 4.42 Å². The molecule has 0 spiro atoms. The quantitative estimate of drug-likeness (QED) is 0.253. The van der Waals surface area contributed by atoms with Gasteiger partial charge in [-0.2, -0.15) is 0 Å². The van der Waals surface area contributed by atoms with Gasteiger partial charge in [0.05, 0.1) is 5.69 Å². The molecule has 0 aliphatic carbocycles. The third kappa shape index (κ3) is 3.61. The van der Waals surface area contributed by atoms with Crippen LogP contribution in [0.5, 0.6) is 0 Å². The van der Waals surface area contributed by atoms with Crippen molar-refractivity contribution in [3.8, 4) is 33.5 Å². The summed E-state index contributed by atoms with van der Waals surface area (Å²) >= 11 is 0. The number of rotatable bonds is 3. The van der Waals surface area contributed by atoms with Crippen LogP contribution >= 0.6 is 0 Å². The molecule has 2 nitrogen and oxygen atoms in total. The second kappa shape index (κ2) is 8.46. The van der Waals surface area contributed by atoms with Gasteiger partial charge in [0, 0.05) is 26.6 Å².